The molecule has 0 atom stereocenters. The average molecular weight is 335 g/mol. The maximum Gasteiger partial charge on any atom is 0.215 e. The predicted molar refractivity (Wildman–Crippen MR) is 94.1 cm³/mol. The van der Waals surface area contributed by atoms with Gasteiger partial charge in [0.2, 0.25) is 5.88 Å². The first-order valence-corrected chi connectivity index (χ1v) is 7.82. The van der Waals surface area contributed by atoms with Crippen LogP contribution in [0.4, 0.5) is 0 Å². The highest BCUT2D eigenvalue weighted by atomic mass is 16.5. The van der Waals surface area contributed by atoms with E-state index in [4.69, 9.17) is 14.5 Å². The lowest BCUT2D eigenvalue weighted by Gasteiger charge is -2.10. The van der Waals surface area contributed by atoms with E-state index in [0.717, 1.165) is 33.8 Å². The van der Waals surface area contributed by atoms with Gasteiger partial charge in [0, 0.05) is 12.3 Å². The van der Waals surface area contributed by atoms with E-state index >= 15 is 0 Å². The van der Waals surface area contributed by atoms with Crippen molar-refractivity contribution in [1.29, 1.82) is 0 Å². The minimum Gasteiger partial charge on any atom is -0.494 e. The number of pyridine rings is 2. The number of hydrogen-bond donors (Lipinski definition) is 0. The van der Waals surface area contributed by atoms with Gasteiger partial charge in [-0.2, -0.15) is 4.98 Å². The molecule has 4 aromatic heterocycles. The summed E-state index contributed by atoms with van der Waals surface area (Å²) in [7, 11) is 3.22. The van der Waals surface area contributed by atoms with Crippen LogP contribution in [-0.4, -0.2) is 38.6 Å². The molecule has 0 saturated heterocycles. The van der Waals surface area contributed by atoms with E-state index in [-0.39, 0.29) is 0 Å². The molecule has 0 amide bonds. The lowest BCUT2D eigenvalue weighted by molar-refractivity contribution is 0.399. The molecule has 0 aliphatic heterocycles. The molecule has 0 saturated carbocycles. The van der Waals surface area contributed by atoms with E-state index in [2.05, 4.69) is 15.0 Å². The fourth-order valence-corrected chi connectivity index (χ4v) is 3.09. The van der Waals surface area contributed by atoms with Gasteiger partial charge in [-0.25, -0.2) is 9.97 Å². The highest BCUT2D eigenvalue weighted by Gasteiger charge is 2.19. The van der Waals surface area contributed by atoms with Crippen LogP contribution < -0.4 is 9.47 Å². The van der Waals surface area contributed by atoms with E-state index in [1.54, 1.807) is 32.7 Å². The summed E-state index contributed by atoms with van der Waals surface area (Å²) in [6, 6.07) is 5.59. The largest absolute Gasteiger partial charge is 0.494 e. The molecule has 7 heteroatoms. The molecular weight excluding hydrogens is 318 g/mol. The van der Waals surface area contributed by atoms with Gasteiger partial charge in [0.15, 0.2) is 5.65 Å². The van der Waals surface area contributed by atoms with Crippen molar-refractivity contribution in [3.05, 3.63) is 42.0 Å². The molecule has 0 fully saturated rings. The first-order chi connectivity index (χ1) is 12.1. The molecule has 0 bridgehead atoms. The van der Waals surface area contributed by atoms with Crippen molar-refractivity contribution in [2.45, 2.75) is 13.8 Å². The molecule has 4 heterocycles. The number of rotatable bonds is 3. The lowest BCUT2D eigenvalue weighted by atomic mass is 10.2. The van der Waals surface area contributed by atoms with Crippen LogP contribution in [0.2, 0.25) is 0 Å². The summed E-state index contributed by atoms with van der Waals surface area (Å²) < 4.78 is 12.8. The second kappa shape index (κ2) is 5.70. The fraction of sp³-hybridized carbons (Fsp3) is 0.222. The third kappa shape index (κ3) is 2.27. The van der Waals surface area contributed by atoms with Crippen LogP contribution in [-0.2, 0) is 0 Å². The number of methoxy groups -OCH3 is 2. The fourth-order valence-electron chi connectivity index (χ4n) is 3.09. The van der Waals surface area contributed by atoms with Crippen LogP contribution in [0, 0.1) is 13.8 Å². The van der Waals surface area contributed by atoms with Gasteiger partial charge in [-0.15, -0.1) is 0 Å². The predicted octanol–water partition coefficient (Wildman–Crippen LogP) is 2.97. The molecule has 0 aliphatic rings. The Hall–Kier alpha value is -3.22. The second-order valence-electron chi connectivity index (χ2n) is 5.67. The van der Waals surface area contributed by atoms with Crippen molar-refractivity contribution in [3.63, 3.8) is 0 Å². The van der Waals surface area contributed by atoms with E-state index in [0.29, 0.717) is 17.3 Å². The summed E-state index contributed by atoms with van der Waals surface area (Å²) in [6.45, 7) is 3.94. The molecule has 4 aromatic rings. The minimum absolute atomic E-state index is 0.526. The van der Waals surface area contributed by atoms with Gasteiger partial charge in [-0.3, -0.25) is 9.38 Å². The molecule has 0 radical (unpaired) electrons. The monoisotopic (exact) mass is 335 g/mol. The highest BCUT2D eigenvalue weighted by Crippen LogP contribution is 2.32. The summed E-state index contributed by atoms with van der Waals surface area (Å²) in [4.78, 5) is 18.2. The zero-order valence-electron chi connectivity index (χ0n) is 14.4. The second-order valence-corrected chi connectivity index (χ2v) is 5.67. The topological polar surface area (TPSA) is 74.4 Å². The SMILES string of the molecule is COc1ccc2nc(C)c3c(C)nc(-c4ccncc4OC)n3c2n1. The van der Waals surface area contributed by atoms with Crippen molar-refractivity contribution in [1.82, 2.24) is 24.3 Å². The Morgan fingerprint density at radius 2 is 1.72 bits per heavy atom. The van der Waals surface area contributed by atoms with Crippen LogP contribution in [0.5, 0.6) is 11.6 Å². The third-order valence-electron chi connectivity index (χ3n) is 4.18. The molecule has 0 spiro atoms. The quantitative estimate of drug-likeness (QED) is 0.573. The Bertz CT molecular complexity index is 1100. The highest BCUT2D eigenvalue weighted by molar-refractivity contribution is 5.82. The normalized spacial score (nSPS) is 11.2. The van der Waals surface area contributed by atoms with Crippen LogP contribution >= 0.6 is 0 Å². The number of nitrogens with zero attached hydrogens (tertiary/aromatic N) is 5. The molecule has 7 nitrogen and oxygen atoms in total. The maximum absolute atomic E-state index is 5.47. The van der Waals surface area contributed by atoms with Crippen LogP contribution in [0.3, 0.4) is 0 Å². The number of hydrogen-bond acceptors (Lipinski definition) is 6. The number of imidazole rings is 1. The van der Waals surface area contributed by atoms with Crippen molar-refractivity contribution in [3.8, 4) is 23.0 Å². The Labute approximate surface area is 144 Å². The van der Waals surface area contributed by atoms with E-state index in [1.807, 2.05) is 30.4 Å². The van der Waals surface area contributed by atoms with Crippen LogP contribution in [0.15, 0.2) is 30.6 Å². The van der Waals surface area contributed by atoms with Gasteiger partial charge in [0.1, 0.15) is 17.1 Å². The molecule has 0 N–H and O–H groups in total. The molecule has 0 aliphatic carbocycles. The summed E-state index contributed by atoms with van der Waals surface area (Å²) in [5, 5.41) is 0. The molecule has 0 aromatic carbocycles. The van der Waals surface area contributed by atoms with Crippen LogP contribution in [0.1, 0.15) is 11.4 Å². The first-order valence-electron chi connectivity index (χ1n) is 7.82. The smallest absolute Gasteiger partial charge is 0.215 e. The van der Waals surface area contributed by atoms with Gasteiger partial charge in [-0.1, -0.05) is 0 Å². The zero-order chi connectivity index (χ0) is 17.6. The minimum atomic E-state index is 0.526. The number of aryl methyl sites for hydroxylation is 2. The number of fused-ring (bicyclic) bond motifs is 3. The molecule has 4 rings (SSSR count). The van der Waals surface area contributed by atoms with Crippen molar-refractivity contribution in [2.75, 3.05) is 14.2 Å². The standard InChI is InChI=1S/C18H17N5O2/c1-10-16-11(2)21-17(12-7-8-19-9-14(12)24-3)23(16)18-13(20-10)5-6-15(22-18)25-4/h5-9H,1-4H3. The van der Waals surface area contributed by atoms with E-state index < -0.39 is 0 Å². The summed E-state index contributed by atoms with van der Waals surface area (Å²) in [5.74, 6) is 1.92. The van der Waals surface area contributed by atoms with Crippen molar-refractivity contribution >= 4 is 16.7 Å². The van der Waals surface area contributed by atoms with Crippen molar-refractivity contribution in [2.24, 2.45) is 0 Å². The number of ether oxygens (including phenoxy) is 2. The molecule has 126 valence electrons. The maximum atomic E-state index is 5.47. The van der Waals surface area contributed by atoms with Gasteiger partial charge in [-0.05, 0) is 26.0 Å². The Morgan fingerprint density at radius 3 is 2.48 bits per heavy atom. The average Bonchev–Trinajstić information content (AvgIpc) is 2.99. The number of aromatic nitrogens is 5. The summed E-state index contributed by atoms with van der Waals surface area (Å²) in [5.41, 5.74) is 5.01. The summed E-state index contributed by atoms with van der Waals surface area (Å²) >= 11 is 0. The van der Waals surface area contributed by atoms with E-state index in [1.165, 1.54) is 0 Å². The first kappa shape index (κ1) is 15.3. The van der Waals surface area contributed by atoms with Crippen LogP contribution in [0.25, 0.3) is 28.1 Å². The van der Waals surface area contributed by atoms with Gasteiger partial charge in [0.25, 0.3) is 0 Å². The Morgan fingerprint density at radius 1 is 0.920 bits per heavy atom. The zero-order valence-corrected chi connectivity index (χ0v) is 14.4. The Balaban J connectivity index is 2.19. The molecule has 0 unspecified atom stereocenters. The Kier molecular flexibility index (Phi) is 3.49. The lowest BCUT2D eigenvalue weighted by Crippen LogP contribution is -2.01. The van der Waals surface area contributed by atoms with Gasteiger partial charge >= 0.3 is 0 Å². The summed E-state index contributed by atoms with van der Waals surface area (Å²) in [6.07, 6.45) is 3.40. The van der Waals surface area contributed by atoms with Gasteiger partial charge < -0.3 is 9.47 Å². The molecule has 25 heavy (non-hydrogen) atoms. The third-order valence-corrected chi connectivity index (χ3v) is 4.18. The van der Waals surface area contributed by atoms with E-state index in [9.17, 15) is 0 Å². The van der Waals surface area contributed by atoms with Gasteiger partial charge in [0.05, 0.1) is 42.9 Å². The van der Waals surface area contributed by atoms with Crippen molar-refractivity contribution < 1.29 is 9.47 Å². The molecular formula is C18H17N5O2.